The van der Waals surface area contributed by atoms with Gasteiger partial charge in [0.05, 0.1) is 0 Å². The molecule has 0 aliphatic carbocycles. The first-order valence-corrected chi connectivity index (χ1v) is 10.4. The molecule has 0 fully saturated rings. The van der Waals surface area contributed by atoms with Crippen molar-refractivity contribution in [1.82, 2.24) is 0 Å². The SMILES string of the molecule is O=[Se](=O)([O-])[O-].O=[Se](=O)([O-])[O-].O=[Se](=O)([O-])[O-].[Sc+3].[Sc+3]. The van der Waals surface area contributed by atoms with Crippen molar-refractivity contribution < 1.29 is 99.8 Å². The summed E-state index contributed by atoms with van der Waals surface area (Å²) < 4.78 is 103. The van der Waals surface area contributed by atoms with E-state index in [1.54, 1.807) is 0 Å². The van der Waals surface area contributed by atoms with Crippen molar-refractivity contribution in [2.24, 2.45) is 0 Å². The molecule has 0 radical (unpaired) electrons. The Kier molecular flexibility index (Phi) is 23.7. The zero-order valence-electron chi connectivity index (χ0n) is 7.28. The molecule has 17 heavy (non-hydrogen) atoms. The van der Waals surface area contributed by atoms with Crippen LogP contribution in [0.4, 0.5) is 0 Å². The minimum absolute atomic E-state index is 0. The van der Waals surface area contributed by atoms with Crippen molar-refractivity contribution in [3.63, 3.8) is 0 Å². The van der Waals surface area contributed by atoms with E-state index in [2.05, 4.69) is 0 Å². The monoisotopic (exact) mass is 522 g/mol. The van der Waals surface area contributed by atoms with Crippen LogP contribution in [0.25, 0.3) is 0 Å². The number of rotatable bonds is 0. The Balaban J connectivity index is -0.0000000400. The Morgan fingerprint density at radius 3 is 0.412 bits per heavy atom. The minimum atomic E-state index is -5.75. The first-order valence-electron chi connectivity index (χ1n) is 2.00. The molecule has 0 amide bonds. The van der Waals surface area contributed by atoms with Gasteiger partial charge in [0, 0.05) is 0 Å². The van der Waals surface area contributed by atoms with Crippen LogP contribution in [0.3, 0.4) is 0 Å². The summed E-state index contributed by atoms with van der Waals surface area (Å²) in [5, 5.41) is 0. The Labute approximate surface area is 138 Å². The van der Waals surface area contributed by atoms with E-state index in [1.165, 1.54) is 0 Å². The van der Waals surface area contributed by atoms with Gasteiger partial charge in [0.2, 0.25) is 0 Å². The van der Waals surface area contributed by atoms with Crippen molar-refractivity contribution in [2.75, 3.05) is 0 Å². The van der Waals surface area contributed by atoms with Crippen molar-refractivity contribution in [3.8, 4) is 0 Å². The molecule has 0 heterocycles. The van der Waals surface area contributed by atoms with Crippen LogP contribution in [0.1, 0.15) is 0 Å². The van der Waals surface area contributed by atoms with Crippen LogP contribution in [0.2, 0.25) is 0 Å². The molecular formula is O12Sc2Se3. The molecule has 0 N–H and O–H groups in total. The minimum Gasteiger partial charge on any atom is 3.00 e. The van der Waals surface area contributed by atoms with E-state index in [0.29, 0.717) is 0 Å². The van der Waals surface area contributed by atoms with Crippen LogP contribution >= 0.6 is 0 Å². The van der Waals surface area contributed by atoms with Gasteiger partial charge in [-0.2, -0.15) is 0 Å². The molecule has 0 aromatic carbocycles. The average molecular weight is 519 g/mol. The fraction of sp³-hybridized carbons (Fsp3) is 0. The molecule has 17 heteroatoms. The summed E-state index contributed by atoms with van der Waals surface area (Å²) in [5.41, 5.74) is 0. The van der Waals surface area contributed by atoms with Gasteiger partial charge in [0.15, 0.2) is 0 Å². The van der Waals surface area contributed by atoms with Crippen LogP contribution in [0.5, 0.6) is 0 Å². The summed E-state index contributed by atoms with van der Waals surface area (Å²) in [5.74, 6) is 0. The molecule has 0 atom stereocenters. The Morgan fingerprint density at radius 2 is 0.412 bits per heavy atom. The summed E-state index contributed by atoms with van der Waals surface area (Å²) in [6.07, 6.45) is 0. The van der Waals surface area contributed by atoms with Gasteiger partial charge in [-0.05, 0) is 0 Å². The third-order valence-corrected chi connectivity index (χ3v) is 0. The van der Waals surface area contributed by atoms with Gasteiger partial charge in [0.1, 0.15) is 0 Å². The van der Waals surface area contributed by atoms with Crippen LogP contribution in [0.15, 0.2) is 0 Å². The normalized spacial score (nSPS) is 10.2. The molecule has 12 nitrogen and oxygen atoms in total. The third-order valence-electron chi connectivity index (χ3n) is 0. The maximum Gasteiger partial charge on any atom is 3.00 e. The summed E-state index contributed by atoms with van der Waals surface area (Å²) in [6, 6.07) is 0. The molecule has 0 aromatic heterocycles. The molecule has 0 saturated heterocycles. The van der Waals surface area contributed by atoms with Crippen molar-refractivity contribution in [1.29, 1.82) is 0 Å². The van der Waals surface area contributed by atoms with E-state index in [0.717, 1.165) is 0 Å². The average Bonchev–Trinajstić information content (AvgIpc) is 1.41. The Bertz CT molecular complexity index is 341. The topological polar surface area (TPSA) is 241 Å². The largest absolute Gasteiger partial charge is 3.00 e. The Morgan fingerprint density at radius 1 is 0.412 bits per heavy atom. The van der Waals surface area contributed by atoms with Gasteiger partial charge in [-0.15, -0.1) is 0 Å². The molecular weight excluding hydrogens is 519 g/mol. The zero-order chi connectivity index (χ0) is 13.5. The summed E-state index contributed by atoms with van der Waals surface area (Å²) in [4.78, 5) is 0. The van der Waals surface area contributed by atoms with E-state index in [9.17, 15) is 0 Å². The number of hydrogen-bond donors (Lipinski definition) is 0. The molecule has 0 saturated carbocycles. The maximum atomic E-state index is 8.59. The molecule has 0 aliphatic heterocycles. The van der Waals surface area contributed by atoms with E-state index < -0.39 is 40.1 Å². The van der Waals surface area contributed by atoms with Gasteiger partial charge in [0.25, 0.3) is 0 Å². The van der Waals surface area contributed by atoms with Gasteiger partial charge in [-0.25, -0.2) is 0 Å². The van der Waals surface area contributed by atoms with E-state index in [1.807, 2.05) is 0 Å². The Hall–Kier alpha value is 1.86. The number of hydrogen-bond acceptors (Lipinski definition) is 12. The van der Waals surface area contributed by atoms with Crippen molar-refractivity contribution >= 4 is 40.1 Å². The molecule has 0 spiro atoms. The third kappa shape index (κ3) is 1300. The van der Waals surface area contributed by atoms with E-state index in [-0.39, 0.29) is 51.7 Å². The second-order valence-electron chi connectivity index (χ2n) is 1.22. The predicted molar refractivity (Wildman–Crippen MR) is 21.4 cm³/mol. The van der Waals surface area contributed by atoms with Crippen LogP contribution in [-0.2, 0) is 74.7 Å². The van der Waals surface area contributed by atoms with Gasteiger partial charge < -0.3 is 0 Å². The van der Waals surface area contributed by atoms with Crippen LogP contribution < -0.4 is 25.1 Å². The van der Waals surface area contributed by atoms with Crippen LogP contribution in [0, 0.1) is 0 Å². The van der Waals surface area contributed by atoms with Gasteiger partial charge >= 0.3 is 140 Å². The van der Waals surface area contributed by atoms with E-state index in [4.69, 9.17) is 48.1 Å². The van der Waals surface area contributed by atoms with Crippen molar-refractivity contribution in [3.05, 3.63) is 0 Å². The van der Waals surface area contributed by atoms with Crippen molar-refractivity contribution in [2.45, 2.75) is 0 Å². The standard InChI is InChI=1S/3H2O4Se.2Sc/c3*1-5(2,3)4;;/h3*(H2,1,2,3,4);;/q;;;2*+3/p-6. The molecule has 0 unspecified atom stereocenters. The maximum absolute atomic E-state index is 8.59. The quantitative estimate of drug-likeness (QED) is 0.271. The summed E-state index contributed by atoms with van der Waals surface area (Å²) >= 11 is -17.2. The fourth-order valence-corrected chi connectivity index (χ4v) is 0. The van der Waals surface area contributed by atoms with E-state index >= 15 is 0 Å². The second kappa shape index (κ2) is 12.9. The molecule has 96 valence electrons. The summed E-state index contributed by atoms with van der Waals surface area (Å²) in [6.45, 7) is 0. The van der Waals surface area contributed by atoms with Gasteiger partial charge in [-0.3, -0.25) is 0 Å². The second-order valence-corrected chi connectivity index (χ2v) is 6.36. The van der Waals surface area contributed by atoms with Crippen LogP contribution in [-0.4, -0.2) is 40.1 Å². The fourth-order valence-electron chi connectivity index (χ4n) is 0. The summed E-state index contributed by atoms with van der Waals surface area (Å²) in [7, 11) is 0. The first kappa shape index (κ1) is 31.3. The zero-order valence-corrected chi connectivity index (χ0v) is 16.0. The molecule has 0 aromatic rings. The van der Waals surface area contributed by atoms with Gasteiger partial charge in [-0.1, -0.05) is 0 Å². The molecule has 0 aliphatic rings. The molecule has 0 bridgehead atoms. The molecule has 0 rings (SSSR count). The first-order chi connectivity index (χ1) is 6.00. The smallest absolute Gasteiger partial charge is 3.00 e. The predicted octanol–water partition coefficient (Wildman–Crippen LogP) is -8.99.